The van der Waals surface area contributed by atoms with Gasteiger partial charge in [0.2, 0.25) is 5.91 Å². The van der Waals surface area contributed by atoms with Gasteiger partial charge in [-0.25, -0.2) is 4.79 Å². The van der Waals surface area contributed by atoms with Crippen LogP contribution < -0.4 is 10.1 Å². The van der Waals surface area contributed by atoms with Gasteiger partial charge in [0.25, 0.3) is 0 Å². The van der Waals surface area contributed by atoms with E-state index in [0.717, 1.165) is 5.56 Å². The highest BCUT2D eigenvalue weighted by Gasteiger charge is 2.21. The fourth-order valence-corrected chi connectivity index (χ4v) is 1.48. The minimum atomic E-state index is -1.04. The third-order valence-corrected chi connectivity index (χ3v) is 2.08. The van der Waals surface area contributed by atoms with Gasteiger partial charge in [0.15, 0.2) is 6.61 Å². The van der Waals surface area contributed by atoms with Gasteiger partial charge in [0.1, 0.15) is 5.75 Å². The van der Waals surface area contributed by atoms with Crippen LogP contribution in [0.3, 0.4) is 0 Å². The molecule has 0 saturated carbocycles. The minimum Gasteiger partial charge on any atom is -0.480 e. The summed E-state index contributed by atoms with van der Waals surface area (Å²) in [6.07, 6.45) is 0.319. The van der Waals surface area contributed by atoms with Crippen molar-refractivity contribution in [2.45, 2.75) is 6.42 Å². The van der Waals surface area contributed by atoms with Crippen LogP contribution in [-0.2, 0) is 16.0 Å². The summed E-state index contributed by atoms with van der Waals surface area (Å²) in [6, 6.07) is 5.17. The molecule has 0 unspecified atom stereocenters. The molecular weight excluding hydrogens is 198 g/mol. The normalized spacial score (nSPS) is 13.2. The first kappa shape index (κ1) is 9.51. The summed E-state index contributed by atoms with van der Waals surface area (Å²) in [6.45, 7) is -0.410. The second-order valence-electron chi connectivity index (χ2n) is 3.20. The second-order valence-corrected chi connectivity index (χ2v) is 3.20. The molecule has 0 saturated heterocycles. The SMILES string of the molecule is O=C(O)COc1cccc2c1NC(=O)C2. The lowest BCUT2D eigenvalue weighted by Crippen LogP contribution is -2.11. The molecule has 1 aliphatic rings. The van der Waals surface area contributed by atoms with Crippen molar-refractivity contribution in [3.8, 4) is 5.75 Å². The smallest absolute Gasteiger partial charge is 0.341 e. The summed E-state index contributed by atoms with van der Waals surface area (Å²) in [5, 5.41) is 11.1. The van der Waals surface area contributed by atoms with Gasteiger partial charge in [-0.2, -0.15) is 0 Å². The number of amides is 1. The summed E-state index contributed by atoms with van der Waals surface area (Å²) < 4.78 is 5.04. The standard InChI is InChI=1S/C10H9NO4/c12-8-4-6-2-1-3-7(10(6)11-8)15-5-9(13)14/h1-3H,4-5H2,(H,11,12)(H,13,14). The van der Waals surface area contributed by atoms with E-state index in [9.17, 15) is 9.59 Å². The number of hydrogen-bond acceptors (Lipinski definition) is 3. The van der Waals surface area contributed by atoms with E-state index in [1.807, 2.05) is 0 Å². The first-order valence-electron chi connectivity index (χ1n) is 4.43. The van der Waals surface area contributed by atoms with Crippen LogP contribution in [-0.4, -0.2) is 23.6 Å². The molecule has 78 valence electrons. The Bertz CT molecular complexity index is 427. The lowest BCUT2D eigenvalue weighted by atomic mass is 10.1. The molecule has 2 N–H and O–H groups in total. The van der Waals surface area contributed by atoms with Crippen LogP contribution in [0, 0.1) is 0 Å². The van der Waals surface area contributed by atoms with Crippen molar-refractivity contribution in [3.05, 3.63) is 23.8 Å². The van der Waals surface area contributed by atoms with Crippen LogP contribution in [0.4, 0.5) is 5.69 Å². The van der Waals surface area contributed by atoms with Gasteiger partial charge in [-0.15, -0.1) is 0 Å². The van der Waals surface area contributed by atoms with Crippen LogP contribution in [0.25, 0.3) is 0 Å². The van der Waals surface area contributed by atoms with Crippen molar-refractivity contribution in [3.63, 3.8) is 0 Å². The summed E-state index contributed by atoms with van der Waals surface area (Å²) >= 11 is 0. The zero-order valence-electron chi connectivity index (χ0n) is 7.82. The van der Waals surface area contributed by atoms with Crippen LogP contribution in [0.5, 0.6) is 5.75 Å². The Morgan fingerprint density at radius 1 is 1.53 bits per heavy atom. The van der Waals surface area contributed by atoms with Crippen molar-refractivity contribution in [2.24, 2.45) is 0 Å². The molecule has 0 fully saturated rings. The number of carboxylic acid groups (broad SMARTS) is 1. The Labute approximate surface area is 85.7 Å². The van der Waals surface area contributed by atoms with Crippen molar-refractivity contribution >= 4 is 17.6 Å². The second kappa shape index (κ2) is 3.61. The number of nitrogens with one attached hydrogen (secondary N) is 1. The van der Waals surface area contributed by atoms with Gasteiger partial charge < -0.3 is 15.2 Å². The van der Waals surface area contributed by atoms with E-state index in [2.05, 4.69) is 5.32 Å². The predicted octanol–water partition coefficient (Wildman–Crippen LogP) is 0.645. The summed E-state index contributed by atoms with van der Waals surface area (Å²) in [5.41, 5.74) is 1.42. The lowest BCUT2D eigenvalue weighted by molar-refractivity contribution is -0.139. The van der Waals surface area contributed by atoms with Crippen molar-refractivity contribution in [1.82, 2.24) is 0 Å². The highest BCUT2D eigenvalue weighted by molar-refractivity contribution is 6.00. The first-order chi connectivity index (χ1) is 7.16. The van der Waals surface area contributed by atoms with E-state index >= 15 is 0 Å². The molecule has 5 heteroatoms. The first-order valence-corrected chi connectivity index (χ1v) is 4.43. The van der Waals surface area contributed by atoms with Gasteiger partial charge in [-0.1, -0.05) is 12.1 Å². The van der Waals surface area contributed by atoms with Crippen molar-refractivity contribution in [1.29, 1.82) is 0 Å². The molecule has 0 aliphatic carbocycles. The van der Waals surface area contributed by atoms with Gasteiger partial charge >= 0.3 is 5.97 Å². The molecule has 15 heavy (non-hydrogen) atoms. The minimum absolute atomic E-state index is 0.101. The molecule has 5 nitrogen and oxygen atoms in total. The molecule has 1 heterocycles. The third-order valence-electron chi connectivity index (χ3n) is 2.08. The molecule has 0 radical (unpaired) electrons. The largest absolute Gasteiger partial charge is 0.480 e. The molecule has 0 aromatic heterocycles. The molecule has 2 rings (SSSR count). The number of rotatable bonds is 3. The molecule has 0 bridgehead atoms. The molecule has 1 aromatic carbocycles. The molecule has 0 atom stereocenters. The number of fused-ring (bicyclic) bond motifs is 1. The van der Waals surface area contributed by atoms with Gasteiger partial charge in [0.05, 0.1) is 12.1 Å². The fraction of sp³-hybridized carbons (Fsp3) is 0.200. The van der Waals surface area contributed by atoms with E-state index < -0.39 is 12.6 Å². The number of aliphatic carboxylic acids is 1. The summed E-state index contributed by atoms with van der Waals surface area (Å²) in [7, 11) is 0. The highest BCUT2D eigenvalue weighted by atomic mass is 16.5. The van der Waals surface area contributed by atoms with E-state index in [0.29, 0.717) is 17.9 Å². The Kier molecular flexibility index (Phi) is 2.29. The zero-order valence-corrected chi connectivity index (χ0v) is 7.82. The van der Waals surface area contributed by atoms with Gasteiger partial charge in [-0.3, -0.25) is 4.79 Å². The van der Waals surface area contributed by atoms with Gasteiger partial charge in [-0.05, 0) is 11.6 Å². The maximum Gasteiger partial charge on any atom is 0.341 e. The Morgan fingerprint density at radius 3 is 3.07 bits per heavy atom. The molecule has 1 aromatic rings. The van der Waals surface area contributed by atoms with Crippen LogP contribution in [0.1, 0.15) is 5.56 Å². The molecule has 0 spiro atoms. The van der Waals surface area contributed by atoms with E-state index in [1.54, 1.807) is 18.2 Å². The fourth-order valence-electron chi connectivity index (χ4n) is 1.48. The number of carbonyl (C=O) groups excluding carboxylic acids is 1. The number of anilines is 1. The maximum absolute atomic E-state index is 11.1. The molecular formula is C10H9NO4. The monoisotopic (exact) mass is 207 g/mol. The van der Waals surface area contributed by atoms with Crippen LogP contribution >= 0.6 is 0 Å². The average molecular weight is 207 g/mol. The van der Waals surface area contributed by atoms with E-state index in [-0.39, 0.29) is 5.91 Å². The predicted molar refractivity (Wildman–Crippen MR) is 51.9 cm³/mol. The third kappa shape index (κ3) is 1.90. The van der Waals surface area contributed by atoms with Crippen LogP contribution in [0.15, 0.2) is 18.2 Å². The summed E-state index contributed by atoms with van der Waals surface area (Å²) in [5.74, 6) is -0.742. The number of para-hydroxylation sites is 1. The topological polar surface area (TPSA) is 75.6 Å². The van der Waals surface area contributed by atoms with Crippen molar-refractivity contribution < 1.29 is 19.4 Å². The number of benzene rings is 1. The summed E-state index contributed by atoms with van der Waals surface area (Å²) in [4.78, 5) is 21.4. The zero-order chi connectivity index (χ0) is 10.8. The lowest BCUT2D eigenvalue weighted by Gasteiger charge is -2.07. The maximum atomic E-state index is 11.1. The van der Waals surface area contributed by atoms with E-state index in [1.165, 1.54) is 0 Å². The van der Waals surface area contributed by atoms with Crippen LogP contribution in [0.2, 0.25) is 0 Å². The quantitative estimate of drug-likeness (QED) is 0.762. The molecule has 1 amide bonds. The Hall–Kier alpha value is -2.04. The average Bonchev–Trinajstić information content (AvgIpc) is 2.55. The Morgan fingerprint density at radius 2 is 2.33 bits per heavy atom. The number of carbonyl (C=O) groups is 2. The van der Waals surface area contributed by atoms with Crippen molar-refractivity contribution in [2.75, 3.05) is 11.9 Å². The Balaban J connectivity index is 2.22. The number of ether oxygens (including phenoxy) is 1. The van der Waals surface area contributed by atoms with E-state index in [4.69, 9.17) is 9.84 Å². The van der Waals surface area contributed by atoms with Gasteiger partial charge in [0, 0.05) is 0 Å². The number of carboxylic acids is 1. The number of hydrogen-bond donors (Lipinski definition) is 2. The highest BCUT2D eigenvalue weighted by Crippen LogP contribution is 2.32. The molecule has 1 aliphatic heterocycles.